The minimum Gasteiger partial charge on any atom is -0.491 e. The van der Waals surface area contributed by atoms with Crippen LogP contribution in [0.15, 0.2) is 18.2 Å². The molecule has 1 aliphatic heterocycles. The van der Waals surface area contributed by atoms with Crippen LogP contribution in [0.5, 0.6) is 5.75 Å². The number of nitrogens with one attached hydrogen (secondary N) is 1. The molecule has 0 spiro atoms. The van der Waals surface area contributed by atoms with Gasteiger partial charge in [-0.3, -0.25) is 9.59 Å². The molecule has 0 bridgehead atoms. The van der Waals surface area contributed by atoms with Gasteiger partial charge in [0.15, 0.2) is 11.6 Å². The van der Waals surface area contributed by atoms with Crippen LogP contribution in [-0.4, -0.2) is 60.9 Å². The number of nitrogens with zero attached hydrogens (tertiary/aromatic N) is 2. The fourth-order valence-electron chi connectivity index (χ4n) is 2.45. The topological polar surface area (TPSA) is 61.9 Å². The Kier molecular flexibility index (Phi) is 5.92. The largest absolute Gasteiger partial charge is 0.491 e. The molecule has 1 aromatic rings. The van der Waals surface area contributed by atoms with Gasteiger partial charge in [0.1, 0.15) is 0 Å². The molecule has 1 aromatic carbocycles. The number of likely N-dealkylation sites (N-methyl/N-ethyl adjacent to an activating group) is 1. The number of amides is 2. The van der Waals surface area contributed by atoms with Crippen molar-refractivity contribution in [1.82, 2.24) is 9.80 Å². The first kappa shape index (κ1) is 17.2. The molecule has 6 nitrogen and oxygen atoms in total. The molecular formula is C16H22FN3O3. The van der Waals surface area contributed by atoms with Gasteiger partial charge in [-0.15, -0.1) is 0 Å². The average Bonchev–Trinajstić information content (AvgIpc) is 2.57. The fraction of sp³-hybridized carbons (Fsp3) is 0.500. The van der Waals surface area contributed by atoms with Gasteiger partial charge in [0, 0.05) is 37.9 Å². The number of hydrogen-bond donors (Lipinski definition) is 1. The number of ether oxygens (including phenoxy) is 1. The summed E-state index contributed by atoms with van der Waals surface area (Å²) < 4.78 is 18.8. The van der Waals surface area contributed by atoms with Gasteiger partial charge in [-0.2, -0.15) is 0 Å². The summed E-state index contributed by atoms with van der Waals surface area (Å²) in [5, 5.41) is 2.44. The zero-order valence-electron chi connectivity index (χ0n) is 13.5. The van der Waals surface area contributed by atoms with Gasteiger partial charge in [0.05, 0.1) is 6.61 Å². The molecule has 1 aliphatic rings. The predicted octanol–water partition coefficient (Wildman–Crippen LogP) is 1.33. The molecule has 126 valence electrons. The number of anilines is 1. The molecule has 1 N–H and O–H groups in total. The lowest BCUT2D eigenvalue weighted by atomic mass is 10.2. The van der Waals surface area contributed by atoms with Crippen LogP contribution in [0.25, 0.3) is 0 Å². The Bertz CT molecular complexity index is 572. The van der Waals surface area contributed by atoms with E-state index in [9.17, 15) is 14.0 Å². The van der Waals surface area contributed by atoms with Crippen molar-refractivity contribution in [3.63, 3.8) is 0 Å². The average molecular weight is 323 g/mol. The second-order valence-electron chi connectivity index (χ2n) is 5.26. The predicted molar refractivity (Wildman–Crippen MR) is 84.9 cm³/mol. The van der Waals surface area contributed by atoms with E-state index in [-0.39, 0.29) is 11.4 Å². The van der Waals surface area contributed by atoms with Crippen molar-refractivity contribution in [1.29, 1.82) is 0 Å². The van der Waals surface area contributed by atoms with Crippen molar-refractivity contribution in [2.45, 2.75) is 13.8 Å². The maximum atomic E-state index is 13.7. The highest BCUT2D eigenvalue weighted by molar-refractivity contribution is 6.39. The maximum absolute atomic E-state index is 13.7. The molecule has 0 saturated carbocycles. The first-order chi connectivity index (χ1) is 11.0. The van der Waals surface area contributed by atoms with E-state index in [4.69, 9.17) is 4.74 Å². The van der Waals surface area contributed by atoms with Gasteiger partial charge < -0.3 is 19.9 Å². The Labute approximate surface area is 135 Å². The standard InChI is InChI=1S/C16H22FN3O3/c1-3-19-7-9-20(10-8-19)16(22)15(21)18-12-5-6-14(23-4-2)13(17)11-12/h5-6,11H,3-4,7-10H2,1-2H3,(H,18,21). The Morgan fingerprint density at radius 2 is 1.91 bits per heavy atom. The molecule has 23 heavy (non-hydrogen) atoms. The van der Waals surface area contributed by atoms with Gasteiger partial charge in [-0.25, -0.2) is 4.39 Å². The minimum absolute atomic E-state index is 0.118. The summed E-state index contributed by atoms with van der Waals surface area (Å²) in [6.45, 7) is 7.66. The van der Waals surface area contributed by atoms with Crippen LogP contribution in [0.3, 0.4) is 0 Å². The van der Waals surface area contributed by atoms with Crippen LogP contribution in [0.4, 0.5) is 10.1 Å². The highest BCUT2D eigenvalue weighted by atomic mass is 19.1. The van der Waals surface area contributed by atoms with Crippen LogP contribution in [-0.2, 0) is 9.59 Å². The van der Waals surface area contributed by atoms with Crippen molar-refractivity contribution in [2.24, 2.45) is 0 Å². The summed E-state index contributed by atoms with van der Waals surface area (Å²) in [7, 11) is 0. The second-order valence-corrected chi connectivity index (χ2v) is 5.26. The molecule has 1 saturated heterocycles. The zero-order valence-corrected chi connectivity index (χ0v) is 13.5. The summed E-state index contributed by atoms with van der Waals surface area (Å²) >= 11 is 0. The maximum Gasteiger partial charge on any atom is 0.313 e. The van der Waals surface area contributed by atoms with Gasteiger partial charge in [0.2, 0.25) is 0 Å². The smallest absolute Gasteiger partial charge is 0.313 e. The van der Waals surface area contributed by atoms with Crippen molar-refractivity contribution >= 4 is 17.5 Å². The Hall–Kier alpha value is -2.15. The number of piperazine rings is 1. The first-order valence-electron chi connectivity index (χ1n) is 7.80. The number of carbonyl (C=O) groups excluding carboxylic acids is 2. The molecule has 2 amide bonds. The van der Waals surface area contributed by atoms with E-state index in [1.165, 1.54) is 17.0 Å². The zero-order chi connectivity index (χ0) is 16.8. The van der Waals surface area contributed by atoms with Gasteiger partial charge in [-0.1, -0.05) is 6.92 Å². The summed E-state index contributed by atoms with van der Waals surface area (Å²) in [6.07, 6.45) is 0. The first-order valence-corrected chi connectivity index (χ1v) is 7.80. The molecule has 0 aromatic heterocycles. The SMILES string of the molecule is CCOc1ccc(NC(=O)C(=O)N2CCN(CC)CC2)cc1F. The summed E-state index contributed by atoms with van der Waals surface area (Å²) in [4.78, 5) is 27.9. The van der Waals surface area contributed by atoms with Crippen molar-refractivity contribution in [3.8, 4) is 5.75 Å². The normalized spacial score (nSPS) is 15.3. The lowest BCUT2D eigenvalue weighted by Crippen LogP contribution is -2.51. The van der Waals surface area contributed by atoms with Crippen LogP contribution < -0.4 is 10.1 Å². The number of halogens is 1. The van der Waals surface area contributed by atoms with E-state index >= 15 is 0 Å². The van der Waals surface area contributed by atoms with E-state index in [1.54, 1.807) is 6.92 Å². The van der Waals surface area contributed by atoms with Crippen molar-refractivity contribution < 1.29 is 18.7 Å². The molecule has 0 aliphatic carbocycles. The third-order valence-electron chi connectivity index (χ3n) is 3.79. The number of carbonyl (C=O) groups is 2. The van der Waals surface area contributed by atoms with Gasteiger partial charge in [0.25, 0.3) is 0 Å². The lowest BCUT2D eigenvalue weighted by Gasteiger charge is -2.33. The highest BCUT2D eigenvalue weighted by Crippen LogP contribution is 2.21. The lowest BCUT2D eigenvalue weighted by molar-refractivity contribution is -0.144. The van der Waals surface area contributed by atoms with E-state index in [0.717, 1.165) is 25.7 Å². The van der Waals surface area contributed by atoms with E-state index in [2.05, 4.69) is 17.1 Å². The number of rotatable bonds is 4. The molecule has 0 unspecified atom stereocenters. The molecule has 1 heterocycles. The summed E-state index contributed by atoms with van der Waals surface area (Å²) in [6, 6.07) is 4.08. The quantitative estimate of drug-likeness (QED) is 0.849. The molecule has 7 heteroatoms. The van der Waals surface area contributed by atoms with Crippen LogP contribution >= 0.6 is 0 Å². The minimum atomic E-state index is -0.751. The molecule has 0 atom stereocenters. The molecule has 0 radical (unpaired) electrons. The van der Waals surface area contributed by atoms with Gasteiger partial charge >= 0.3 is 11.8 Å². The van der Waals surface area contributed by atoms with Gasteiger partial charge in [-0.05, 0) is 25.6 Å². The van der Waals surface area contributed by atoms with Crippen LogP contribution in [0.1, 0.15) is 13.8 Å². The van der Waals surface area contributed by atoms with Crippen molar-refractivity contribution in [2.75, 3.05) is 44.6 Å². The molecular weight excluding hydrogens is 301 g/mol. The Balaban J connectivity index is 1.93. The van der Waals surface area contributed by atoms with E-state index in [1.807, 2.05) is 0 Å². The Morgan fingerprint density at radius 3 is 2.48 bits per heavy atom. The third kappa shape index (κ3) is 4.41. The monoisotopic (exact) mass is 323 g/mol. The number of hydrogen-bond acceptors (Lipinski definition) is 4. The van der Waals surface area contributed by atoms with Crippen molar-refractivity contribution in [3.05, 3.63) is 24.0 Å². The highest BCUT2D eigenvalue weighted by Gasteiger charge is 2.25. The van der Waals surface area contributed by atoms with E-state index in [0.29, 0.717) is 19.7 Å². The fourth-order valence-corrected chi connectivity index (χ4v) is 2.45. The molecule has 1 fully saturated rings. The van der Waals surface area contributed by atoms with Crippen LogP contribution in [0.2, 0.25) is 0 Å². The van der Waals surface area contributed by atoms with Crippen LogP contribution in [0, 0.1) is 5.82 Å². The summed E-state index contributed by atoms with van der Waals surface area (Å²) in [5.74, 6) is -1.80. The summed E-state index contributed by atoms with van der Waals surface area (Å²) in [5.41, 5.74) is 0.233. The second kappa shape index (κ2) is 7.92. The van der Waals surface area contributed by atoms with E-state index < -0.39 is 17.6 Å². The molecule has 2 rings (SSSR count). The number of benzene rings is 1. The Morgan fingerprint density at radius 1 is 1.22 bits per heavy atom. The third-order valence-corrected chi connectivity index (χ3v) is 3.79.